The second-order valence-corrected chi connectivity index (χ2v) is 3.27. The molecule has 0 aliphatic rings. The van der Waals surface area contributed by atoms with E-state index >= 15 is 0 Å². The molecule has 76 valence electrons. The van der Waals surface area contributed by atoms with Crippen molar-refractivity contribution in [2.45, 2.75) is 12.8 Å². The monoisotopic (exact) mass is 201 g/mol. The van der Waals surface area contributed by atoms with Crippen molar-refractivity contribution >= 4 is 0 Å². The molecular weight excluding hydrogens is 190 g/mol. The van der Waals surface area contributed by atoms with Gasteiger partial charge in [0.2, 0.25) is 0 Å². The SMILES string of the molecule is O=c1cc(CCc2ccccn2)cn[nH]1. The smallest absolute Gasteiger partial charge is 0.264 e. The number of rotatable bonds is 3. The van der Waals surface area contributed by atoms with Gasteiger partial charge in [-0.15, -0.1) is 0 Å². The predicted molar refractivity (Wildman–Crippen MR) is 56.5 cm³/mol. The van der Waals surface area contributed by atoms with Gasteiger partial charge in [0.25, 0.3) is 5.56 Å². The molecule has 0 saturated heterocycles. The molecule has 2 heterocycles. The summed E-state index contributed by atoms with van der Waals surface area (Å²) >= 11 is 0. The van der Waals surface area contributed by atoms with Gasteiger partial charge in [0.05, 0.1) is 6.20 Å². The van der Waals surface area contributed by atoms with Crippen LogP contribution in [0.2, 0.25) is 0 Å². The first-order valence-electron chi connectivity index (χ1n) is 4.78. The molecule has 0 unspecified atom stereocenters. The Labute approximate surface area is 87.0 Å². The Balaban J connectivity index is 2.02. The lowest BCUT2D eigenvalue weighted by Crippen LogP contribution is -2.08. The zero-order valence-corrected chi connectivity index (χ0v) is 8.18. The third-order valence-electron chi connectivity index (χ3n) is 2.12. The average Bonchev–Trinajstić information content (AvgIpc) is 2.28. The molecule has 2 aromatic heterocycles. The Bertz CT molecular complexity index is 478. The van der Waals surface area contributed by atoms with Gasteiger partial charge < -0.3 is 0 Å². The third kappa shape index (κ3) is 2.74. The van der Waals surface area contributed by atoms with Crippen LogP contribution in [0.1, 0.15) is 11.3 Å². The van der Waals surface area contributed by atoms with E-state index in [-0.39, 0.29) is 5.56 Å². The highest BCUT2D eigenvalue weighted by molar-refractivity contribution is 5.10. The number of nitrogens with zero attached hydrogens (tertiary/aromatic N) is 2. The fourth-order valence-electron chi connectivity index (χ4n) is 1.37. The van der Waals surface area contributed by atoms with Crippen molar-refractivity contribution in [3.05, 3.63) is 58.3 Å². The standard InChI is InChI=1S/C11H11N3O/c15-11-7-9(8-13-14-11)4-5-10-3-1-2-6-12-10/h1-3,6-8H,4-5H2,(H,14,15). The zero-order valence-electron chi connectivity index (χ0n) is 8.18. The van der Waals surface area contributed by atoms with Crippen LogP contribution in [0, 0.1) is 0 Å². The molecular formula is C11H11N3O. The average molecular weight is 201 g/mol. The first kappa shape index (κ1) is 9.58. The predicted octanol–water partition coefficient (Wildman–Crippen LogP) is 0.950. The maximum Gasteiger partial charge on any atom is 0.264 e. The van der Waals surface area contributed by atoms with Gasteiger partial charge in [-0.25, -0.2) is 5.10 Å². The van der Waals surface area contributed by atoms with Crippen LogP contribution in [0.25, 0.3) is 0 Å². The highest BCUT2D eigenvalue weighted by atomic mass is 16.1. The van der Waals surface area contributed by atoms with E-state index in [9.17, 15) is 4.79 Å². The first-order valence-corrected chi connectivity index (χ1v) is 4.78. The molecule has 0 fully saturated rings. The van der Waals surface area contributed by atoms with E-state index in [2.05, 4.69) is 15.2 Å². The summed E-state index contributed by atoms with van der Waals surface area (Å²) in [5.41, 5.74) is 1.80. The molecule has 0 aromatic carbocycles. The van der Waals surface area contributed by atoms with Crippen LogP contribution < -0.4 is 5.56 Å². The summed E-state index contributed by atoms with van der Waals surface area (Å²) in [6.45, 7) is 0. The number of hydrogen-bond donors (Lipinski definition) is 1. The van der Waals surface area contributed by atoms with Gasteiger partial charge in [-0.2, -0.15) is 5.10 Å². The van der Waals surface area contributed by atoms with Gasteiger partial charge in [-0.1, -0.05) is 6.07 Å². The number of pyridine rings is 1. The summed E-state index contributed by atoms with van der Waals surface area (Å²) in [5.74, 6) is 0. The minimum absolute atomic E-state index is 0.159. The number of hydrogen-bond acceptors (Lipinski definition) is 3. The second-order valence-electron chi connectivity index (χ2n) is 3.27. The molecule has 15 heavy (non-hydrogen) atoms. The zero-order chi connectivity index (χ0) is 10.5. The van der Waals surface area contributed by atoms with Crippen LogP contribution in [-0.2, 0) is 12.8 Å². The third-order valence-corrected chi connectivity index (χ3v) is 2.12. The highest BCUT2D eigenvalue weighted by Crippen LogP contribution is 2.01. The maximum absolute atomic E-state index is 11.0. The van der Waals surface area contributed by atoms with Crippen LogP contribution in [0.4, 0.5) is 0 Å². The Morgan fingerprint density at radius 1 is 1.27 bits per heavy atom. The summed E-state index contributed by atoms with van der Waals surface area (Å²) in [6.07, 6.45) is 5.05. The van der Waals surface area contributed by atoms with Crippen molar-refractivity contribution in [3.63, 3.8) is 0 Å². The van der Waals surface area contributed by atoms with Gasteiger partial charge in [0.1, 0.15) is 0 Å². The fourth-order valence-corrected chi connectivity index (χ4v) is 1.37. The molecule has 0 radical (unpaired) electrons. The summed E-state index contributed by atoms with van der Waals surface area (Å²) in [6, 6.07) is 7.38. The molecule has 4 nitrogen and oxygen atoms in total. The molecule has 0 amide bonds. The molecule has 0 bridgehead atoms. The molecule has 0 aliphatic carbocycles. The topological polar surface area (TPSA) is 58.6 Å². The van der Waals surface area contributed by atoms with E-state index in [0.29, 0.717) is 0 Å². The minimum atomic E-state index is -0.159. The summed E-state index contributed by atoms with van der Waals surface area (Å²) in [4.78, 5) is 15.2. The Morgan fingerprint density at radius 3 is 2.93 bits per heavy atom. The van der Waals surface area contributed by atoms with E-state index in [4.69, 9.17) is 0 Å². The van der Waals surface area contributed by atoms with E-state index < -0.39 is 0 Å². The van der Waals surface area contributed by atoms with Crippen molar-refractivity contribution in [2.24, 2.45) is 0 Å². The van der Waals surface area contributed by atoms with Crippen LogP contribution in [0.3, 0.4) is 0 Å². The van der Waals surface area contributed by atoms with Gasteiger partial charge >= 0.3 is 0 Å². The van der Waals surface area contributed by atoms with Crippen LogP contribution in [0.15, 0.2) is 41.5 Å². The van der Waals surface area contributed by atoms with E-state index in [0.717, 1.165) is 24.1 Å². The molecule has 2 rings (SSSR count). The molecule has 4 heteroatoms. The van der Waals surface area contributed by atoms with Crippen LogP contribution >= 0.6 is 0 Å². The number of aromatic nitrogens is 3. The Morgan fingerprint density at radius 2 is 2.20 bits per heavy atom. The van der Waals surface area contributed by atoms with Crippen LogP contribution in [0.5, 0.6) is 0 Å². The fraction of sp³-hybridized carbons (Fsp3) is 0.182. The molecule has 0 aliphatic heterocycles. The van der Waals surface area contributed by atoms with Crippen molar-refractivity contribution in [3.8, 4) is 0 Å². The minimum Gasteiger partial charge on any atom is -0.268 e. The molecule has 0 saturated carbocycles. The summed E-state index contributed by atoms with van der Waals surface area (Å²) in [5, 5.41) is 6.09. The number of aryl methyl sites for hydroxylation is 2. The molecule has 1 N–H and O–H groups in total. The Kier molecular flexibility index (Phi) is 2.88. The second kappa shape index (κ2) is 4.50. The highest BCUT2D eigenvalue weighted by Gasteiger charge is 1.97. The summed E-state index contributed by atoms with van der Waals surface area (Å²) < 4.78 is 0. The van der Waals surface area contributed by atoms with Crippen molar-refractivity contribution < 1.29 is 0 Å². The molecule has 0 spiro atoms. The van der Waals surface area contributed by atoms with E-state index in [1.807, 2.05) is 18.2 Å². The van der Waals surface area contributed by atoms with Crippen LogP contribution in [-0.4, -0.2) is 15.2 Å². The van der Waals surface area contributed by atoms with Crippen molar-refractivity contribution in [1.82, 2.24) is 15.2 Å². The van der Waals surface area contributed by atoms with Gasteiger partial charge in [-0.05, 0) is 30.5 Å². The lowest BCUT2D eigenvalue weighted by molar-refractivity contribution is 0.878. The van der Waals surface area contributed by atoms with Crippen molar-refractivity contribution in [2.75, 3.05) is 0 Å². The van der Waals surface area contributed by atoms with Gasteiger partial charge in [0.15, 0.2) is 0 Å². The molecule has 2 aromatic rings. The first-order chi connectivity index (χ1) is 7.34. The van der Waals surface area contributed by atoms with E-state index in [1.165, 1.54) is 0 Å². The van der Waals surface area contributed by atoms with Gasteiger partial charge in [0, 0.05) is 18.0 Å². The normalized spacial score (nSPS) is 10.1. The van der Waals surface area contributed by atoms with Gasteiger partial charge in [-0.3, -0.25) is 9.78 Å². The quantitative estimate of drug-likeness (QED) is 0.804. The lowest BCUT2D eigenvalue weighted by Gasteiger charge is -1.99. The number of H-pyrrole nitrogens is 1. The number of nitrogens with one attached hydrogen (secondary N) is 1. The lowest BCUT2D eigenvalue weighted by atomic mass is 10.1. The van der Waals surface area contributed by atoms with Crippen molar-refractivity contribution in [1.29, 1.82) is 0 Å². The largest absolute Gasteiger partial charge is 0.268 e. The van der Waals surface area contributed by atoms with E-state index in [1.54, 1.807) is 18.5 Å². The number of aromatic amines is 1. The summed E-state index contributed by atoms with van der Waals surface area (Å²) in [7, 11) is 0. The Hall–Kier alpha value is -1.97. The maximum atomic E-state index is 11.0. The molecule has 0 atom stereocenters.